The van der Waals surface area contributed by atoms with Crippen LogP contribution in [-0.4, -0.2) is 42.9 Å². The number of hydrogen-bond donors (Lipinski definition) is 1. The number of nitrogens with zero attached hydrogens (tertiary/aromatic N) is 2. The molecule has 1 N–H and O–H groups in total. The van der Waals surface area contributed by atoms with Gasteiger partial charge in [-0.1, -0.05) is 12.1 Å². The van der Waals surface area contributed by atoms with E-state index in [2.05, 4.69) is 11.4 Å². The molecule has 32 heavy (non-hydrogen) atoms. The molecule has 3 heterocycles. The number of carbonyl (C=O) groups is 2. The zero-order chi connectivity index (χ0) is 22.1. The summed E-state index contributed by atoms with van der Waals surface area (Å²) in [5.41, 5.74) is 1.39. The molecule has 1 saturated heterocycles. The summed E-state index contributed by atoms with van der Waals surface area (Å²) < 4.78 is 21.3. The van der Waals surface area contributed by atoms with Crippen LogP contribution in [0.15, 0.2) is 36.4 Å². The third-order valence-electron chi connectivity index (χ3n) is 5.81. The van der Waals surface area contributed by atoms with Crippen LogP contribution in [0.3, 0.4) is 0 Å². The van der Waals surface area contributed by atoms with Gasteiger partial charge in [-0.25, -0.2) is 0 Å². The van der Waals surface area contributed by atoms with Crippen LogP contribution in [0.1, 0.15) is 30.0 Å². The van der Waals surface area contributed by atoms with Gasteiger partial charge in [0, 0.05) is 6.54 Å². The van der Waals surface area contributed by atoms with E-state index < -0.39 is 12.1 Å². The van der Waals surface area contributed by atoms with Gasteiger partial charge in [-0.2, -0.15) is 5.26 Å². The first-order valence-corrected chi connectivity index (χ1v) is 10.4. The van der Waals surface area contributed by atoms with Gasteiger partial charge in [-0.05, 0) is 48.2 Å². The number of carbonyl (C=O) groups excluding carboxylic acids is 2. The van der Waals surface area contributed by atoms with Crippen molar-refractivity contribution in [2.24, 2.45) is 0 Å². The van der Waals surface area contributed by atoms with Gasteiger partial charge in [0.15, 0.2) is 23.0 Å². The van der Waals surface area contributed by atoms with Crippen molar-refractivity contribution in [2.45, 2.75) is 31.3 Å². The molecule has 2 atom stereocenters. The van der Waals surface area contributed by atoms with E-state index in [1.165, 1.54) is 0 Å². The number of benzene rings is 2. The second-order valence-corrected chi connectivity index (χ2v) is 7.79. The summed E-state index contributed by atoms with van der Waals surface area (Å²) in [5, 5.41) is 12.4. The second kappa shape index (κ2) is 8.30. The van der Waals surface area contributed by atoms with Gasteiger partial charge in [0.05, 0.1) is 12.5 Å². The summed E-state index contributed by atoms with van der Waals surface area (Å²) in [6.07, 6.45) is 1.44. The molecule has 1 fully saturated rings. The lowest BCUT2D eigenvalue weighted by Gasteiger charge is -2.25. The predicted octanol–water partition coefficient (Wildman–Crippen LogP) is 2.06. The minimum Gasteiger partial charge on any atom is -0.454 e. The molecule has 164 valence electrons. The zero-order valence-electron chi connectivity index (χ0n) is 17.2. The number of nitrogens with one attached hydrogen (secondary N) is 1. The van der Waals surface area contributed by atoms with Gasteiger partial charge >= 0.3 is 0 Å². The monoisotopic (exact) mass is 435 g/mol. The van der Waals surface area contributed by atoms with E-state index in [4.69, 9.17) is 18.9 Å². The fourth-order valence-electron chi connectivity index (χ4n) is 4.19. The summed E-state index contributed by atoms with van der Waals surface area (Å²) in [5.74, 6) is 1.94. The highest BCUT2D eigenvalue weighted by molar-refractivity contribution is 5.89. The lowest BCUT2D eigenvalue weighted by atomic mass is 10.1. The van der Waals surface area contributed by atoms with Crippen LogP contribution < -0.4 is 24.3 Å². The van der Waals surface area contributed by atoms with Crippen molar-refractivity contribution in [1.29, 1.82) is 5.26 Å². The molecule has 2 amide bonds. The van der Waals surface area contributed by atoms with Crippen molar-refractivity contribution in [1.82, 2.24) is 10.2 Å². The van der Waals surface area contributed by atoms with Crippen LogP contribution in [-0.2, 0) is 16.0 Å². The number of ether oxygens (including phenoxy) is 4. The zero-order valence-corrected chi connectivity index (χ0v) is 17.2. The summed E-state index contributed by atoms with van der Waals surface area (Å²) in [7, 11) is 0. The molecular formula is C23H21N3O6. The van der Waals surface area contributed by atoms with E-state index in [0.29, 0.717) is 41.5 Å². The first-order chi connectivity index (χ1) is 15.6. The Bertz CT molecular complexity index is 1110. The normalized spacial score (nSPS) is 18.8. The summed E-state index contributed by atoms with van der Waals surface area (Å²) in [6.45, 7) is 0.804. The van der Waals surface area contributed by atoms with Crippen LogP contribution in [0.2, 0.25) is 0 Å². The Morgan fingerprint density at radius 2 is 1.72 bits per heavy atom. The van der Waals surface area contributed by atoms with Gasteiger partial charge in [0.1, 0.15) is 12.1 Å². The second-order valence-electron chi connectivity index (χ2n) is 7.79. The molecule has 3 aliphatic heterocycles. The quantitative estimate of drug-likeness (QED) is 0.765. The number of likely N-dealkylation sites (tertiary alicyclic amines) is 1. The molecule has 0 radical (unpaired) electrons. The molecule has 0 aliphatic carbocycles. The van der Waals surface area contributed by atoms with Crippen molar-refractivity contribution in [3.8, 4) is 29.1 Å². The first-order valence-electron chi connectivity index (χ1n) is 10.4. The van der Waals surface area contributed by atoms with E-state index in [0.717, 1.165) is 12.0 Å². The molecular weight excluding hydrogens is 414 g/mol. The van der Waals surface area contributed by atoms with E-state index >= 15 is 0 Å². The maximum absolute atomic E-state index is 13.0. The van der Waals surface area contributed by atoms with Gasteiger partial charge in [0.2, 0.25) is 25.4 Å². The molecule has 9 nitrogen and oxygen atoms in total. The van der Waals surface area contributed by atoms with Gasteiger partial charge < -0.3 is 29.2 Å². The van der Waals surface area contributed by atoms with E-state index in [1.807, 2.05) is 6.07 Å². The number of amides is 2. The first kappa shape index (κ1) is 20.0. The molecule has 0 bridgehead atoms. The Kier molecular flexibility index (Phi) is 5.19. The molecule has 0 aromatic heterocycles. The Morgan fingerprint density at radius 1 is 1.03 bits per heavy atom. The summed E-state index contributed by atoms with van der Waals surface area (Å²) >= 11 is 0. The Balaban J connectivity index is 1.25. The van der Waals surface area contributed by atoms with E-state index in [1.54, 1.807) is 35.2 Å². The van der Waals surface area contributed by atoms with Gasteiger partial charge in [-0.15, -0.1) is 0 Å². The summed E-state index contributed by atoms with van der Waals surface area (Å²) in [4.78, 5) is 27.5. The Morgan fingerprint density at radius 3 is 2.47 bits per heavy atom. The molecule has 1 unspecified atom stereocenters. The minimum absolute atomic E-state index is 0.130. The molecule has 2 aromatic carbocycles. The van der Waals surface area contributed by atoms with Crippen LogP contribution >= 0.6 is 0 Å². The smallest absolute Gasteiger partial charge is 0.244 e. The van der Waals surface area contributed by atoms with Crippen molar-refractivity contribution in [3.05, 3.63) is 47.5 Å². The van der Waals surface area contributed by atoms with Crippen LogP contribution in [0.5, 0.6) is 23.0 Å². The minimum atomic E-state index is -0.858. The van der Waals surface area contributed by atoms with Gasteiger partial charge in [0.25, 0.3) is 0 Å². The molecule has 0 spiro atoms. The molecule has 2 aromatic rings. The third kappa shape index (κ3) is 3.75. The van der Waals surface area contributed by atoms with Crippen molar-refractivity contribution >= 4 is 11.8 Å². The Labute approximate surface area is 184 Å². The van der Waals surface area contributed by atoms with E-state index in [9.17, 15) is 14.9 Å². The van der Waals surface area contributed by atoms with Crippen molar-refractivity contribution in [3.63, 3.8) is 0 Å². The maximum atomic E-state index is 13.0. The van der Waals surface area contributed by atoms with Gasteiger partial charge in [-0.3, -0.25) is 9.59 Å². The molecule has 9 heteroatoms. The number of nitriles is 1. The highest BCUT2D eigenvalue weighted by Crippen LogP contribution is 2.35. The average molecular weight is 435 g/mol. The number of hydrogen-bond acceptors (Lipinski definition) is 7. The predicted molar refractivity (Wildman–Crippen MR) is 110 cm³/mol. The highest BCUT2D eigenvalue weighted by Gasteiger charge is 2.35. The summed E-state index contributed by atoms with van der Waals surface area (Å²) in [6, 6.07) is 11.2. The fourth-order valence-corrected chi connectivity index (χ4v) is 4.19. The SMILES string of the molecule is N#CC(NC(=O)[C@@H]1CCCN1C(=O)Cc1ccc2c(c1)OCO2)c1ccc2c(c1)OCO2. The Hall–Kier alpha value is -3.93. The largest absolute Gasteiger partial charge is 0.454 e. The average Bonchev–Trinajstić information content (AvgIpc) is 3.56. The van der Waals surface area contributed by atoms with Crippen LogP contribution in [0.25, 0.3) is 0 Å². The van der Waals surface area contributed by atoms with Crippen LogP contribution in [0.4, 0.5) is 0 Å². The topological polar surface area (TPSA) is 110 Å². The molecule has 0 saturated carbocycles. The number of rotatable bonds is 5. The standard InChI is InChI=1S/C23H21N3O6/c24-11-16(15-4-6-19-21(10-15)32-13-30-19)25-23(28)17-2-1-7-26(17)22(27)9-14-3-5-18-20(8-14)31-12-29-18/h3-6,8,10,16-17H,1-2,7,9,12-13H2,(H,25,28)/t16?,17-/m0/s1. The fraction of sp³-hybridized carbons (Fsp3) is 0.348. The number of fused-ring (bicyclic) bond motifs is 2. The molecule has 3 aliphatic rings. The lowest BCUT2D eigenvalue weighted by Crippen LogP contribution is -2.47. The molecule has 5 rings (SSSR count). The lowest BCUT2D eigenvalue weighted by molar-refractivity contribution is -0.138. The highest BCUT2D eigenvalue weighted by atomic mass is 16.7. The van der Waals surface area contributed by atoms with Crippen molar-refractivity contribution in [2.75, 3.05) is 20.1 Å². The van der Waals surface area contributed by atoms with Crippen molar-refractivity contribution < 1.29 is 28.5 Å². The third-order valence-corrected chi connectivity index (χ3v) is 5.81. The van der Waals surface area contributed by atoms with Crippen LogP contribution in [0, 0.1) is 11.3 Å². The maximum Gasteiger partial charge on any atom is 0.244 e. The van der Waals surface area contributed by atoms with E-state index in [-0.39, 0.29) is 31.8 Å².